The summed E-state index contributed by atoms with van der Waals surface area (Å²) in [7, 11) is 0. The Bertz CT molecular complexity index is 420. The maximum Gasteiger partial charge on any atom is 0.323 e. The molecule has 0 saturated carbocycles. The van der Waals surface area contributed by atoms with Crippen LogP contribution in [-0.4, -0.2) is 30.1 Å². The number of para-hydroxylation sites is 1. The van der Waals surface area contributed by atoms with Crippen LogP contribution in [0.25, 0.3) is 0 Å². The van der Waals surface area contributed by atoms with E-state index in [-0.39, 0.29) is 24.9 Å². The first kappa shape index (κ1) is 15.2. The summed E-state index contributed by atoms with van der Waals surface area (Å²) in [6.45, 7) is 1.86. The third-order valence-corrected chi connectivity index (χ3v) is 2.90. The molecule has 19 heavy (non-hydrogen) atoms. The lowest BCUT2D eigenvalue weighted by Crippen LogP contribution is -2.42. The van der Waals surface area contributed by atoms with Crippen molar-refractivity contribution in [2.24, 2.45) is 11.7 Å². The SMILES string of the molecule is CCCC(CN)C(=O)N(CC(=O)O)c1ccccc1. The number of carboxylic acid groups (broad SMARTS) is 1. The lowest BCUT2D eigenvalue weighted by atomic mass is 10.0. The first-order valence-electron chi connectivity index (χ1n) is 6.38. The minimum Gasteiger partial charge on any atom is -0.480 e. The summed E-state index contributed by atoms with van der Waals surface area (Å²) < 4.78 is 0. The van der Waals surface area contributed by atoms with E-state index in [9.17, 15) is 9.59 Å². The highest BCUT2D eigenvalue weighted by atomic mass is 16.4. The van der Waals surface area contributed by atoms with Crippen LogP contribution in [-0.2, 0) is 9.59 Å². The third kappa shape index (κ3) is 4.37. The number of carbonyl (C=O) groups excluding carboxylic acids is 1. The van der Waals surface area contributed by atoms with Crippen LogP contribution in [0.2, 0.25) is 0 Å². The molecule has 1 unspecified atom stereocenters. The number of hydrogen-bond acceptors (Lipinski definition) is 3. The molecule has 5 heteroatoms. The van der Waals surface area contributed by atoms with Crippen LogP contribution < -0.4 is 10.6 Å². The van der Waals surface area contributed by atoms with Gasteiger partial charge in [-0.1, -0.05) is 31.5 Å². The van der Waals surface area contributed by atoms with E-state index < -0.39 is 5.97 Å². The van der Waals surface area contributed by atoms with Gasteiger partial charge in [-0.15, -0.1) is 0 Å². The molecule has 0 spiro atoms. The number of nitrogens with two attached hydrogens (primary N) is 1. The van der Waals surface area contributed by atoms with E-state index in [1.165, 1.54) is 4.90 Å². The predicted molar refractivity (Wildman–Crippen MR) is 73.9 cm³/mol. The second-order valence-electron chi connectivity index (χ2n) is 4.37. The van der Waals surface area contributed by atoms with Crippen molar-refractivity contribution in [1.29, 1.82) is 0 Å². The number of amides is 1. The van der Waals surface area contributed by atoms with Gasteiger partial charge in [0.15, 0.2) is 0 Å². The molecule has 1 aromatic carbocycles. The minimum absolute atomic E-state index is 0.224. The van der Waals surface area contributed by atoms with Crippen LogP contribution in [0.1, 0.15) is 19.8 Å². The van der Waals surface area contributed by atoms with Crippen molar-refractivity contribution >= 4 is 17.6 Å². The Kier molecular flexibility index (Phi) is 6.02. The van der Waals surface area contributed by atoms with Crippen molar-refractivity contribution in [3.8, 4) is 0 Å². The molecule has 0 fully saturated rings. The Balaban J connectivity index is 2.96. The van der Waals surface area contributed by atoms with Crippen molar-refractivity contribution in [2.75, 3.05) is 18.0 Å². The van der Waals surface area contributed by atoms with Crippen LogP contribution in [0, 0.1) is 5.92 Å². The standard InChI is InChI=1S/C14H20N2O3/c1-2-6-11(9-15)14(19)16(10-13(17)18)12-7-4-3-5-8-12/h3-5,7-8,11H,2,6,9-10,15H2,1H3,(H,17,18). The van der Waals surface area contributed by atoms with Gasteiger partial charge in [0.25, 0.3) is 0 Å². The van der Waals surface area contributed by atoms with Crippen molar-refractivity contribution in [1.82, 2.24) is 0 Å². The number of carbonyl (C=O) groups is 2. The molecule has 0 saturated heterocycles. The fourth-order valence-corrected chi connectivity index (χ4v) is 1.95. The van der Waals surface area contributed by atoms with Gasteiger partial charge in [-0.3, -0.25) is 9.59 Å². The Morgan fingerprint density at radius 3 is 2.42 bits per heavy atom. The van der Waals surface area contributed by atoms with E-state index in [1.807, 2.05) is 13.0 Å². The van der Waals surface area contributed by atoms with Gasteiger partial charge in [-0.25, -0.2) is 0 Å². The highest BCUT2D eigenvalue weighted by Crippen LogP contribution is 2.18. The van der Waals surface area contributed by atoms with Crippen molar-refractivity contribution in [3.05, 3.63) is 30.3 Å². The monoisotopic (exact) mass is 264 g/mol. The summed E-state index contributed by atoms with van der Waals surface area (Å²) in [5.41, 5.74) is 6.20. The summed E-state index contributed by atoms with van der Waals surface area (Å²) in [5, 5.41) is 8.95. The molecule has 0 aromatic heterocycles. The van der Waals surface area contributed by atoms with Crippen molar-refractivity contribution in [2.45, 2.75) is 19.8 Å². The topological polar surface area (TPSA) is 83.6 Å². The second-order valence-corrected chi connectivity index (χ2v) is 4.37. The Labute approximate surface area is 113 Å². The summed E-state index contributed by atoms with van der Waals surface area (Å²) in [6, 6.07) is 8.81. The minimum atomic E-state index is -1.04. The number of nitrogens with zero attached hydrogens (tertiary/aromatic N) is 1. The zero-order chi connectivity index (χ0) is 14.3. The molecular weight excluding hydrogens is 244 g/mol. The predicted octanol–water partition coefficient (Wildman–Crippen LogP) is 1.48. The average molecular weight is 264 g/mol. The van der Waals surface area contributed by atoms with E-state index >= 15 is 0 Å². The van der Waals surface area contributed by atoms with Crippen LogP contribution >= 0.6 is 0 Å². The number of rotatable bonds is 7. The maximum atomic E-state index is 12.4. The third-order valence-electron chi connectivity index (χ3n) is 2.90. The van der Waals surface area contributed by atoms with E-state index in [1.54, 1.807) is 24.3 Å². The maximum absolute atomic E-state index is 12.4. The lowest BCUT2D eigenvalue weighted by Gasteiger charge is -2.25. The number of hydrogen-bond donors (Lipinski definition) is 2. The second kappa shape index (κ2) is 7.53. The molecule has 1 amide bonds. The molecule has 0 aliphatic carbocycles. The van der Waals surface area contributed by atoms with Gasteiger partial charge >= 0.3 is 5.97 Å². The Morgan fingerprint density at radius 2 is 1.95 bits per heavy atom. The van der Waals surface area contributed by atoms with E-state index in [0.29, 0.717) is 12.1 Å². The number of benzene rings is 1. The summed E-state index contributed by atoms with van der Waals surface area (Å²) in [5.74, 6) is -1.59. The van der Waals surface area contributed by atoms with Gasteiger partial charge in [0, 0.05) is 12.2 Å². The summed E-state index contributed by atoms with van der Waals surface area (Å²) in [6.07, 6.45) is 1.50. The largest absolute Gasteiger partial charge is 0.480 e. The molecule has 0 heterocycles. The van der Waals surface area contributed by atoms with E-state index in [0.717, 1.165) is 6.42 Å². The quantitative estimate of drug-likeness (QED) is 0.781. The van der Waals surface area contributed by atoms with Gasteiger partial charge in [0.2, 0.25) is 5.91 Å². The number of carboxylic acids is 1. The number of aliphatic carboxylic acids is 1. The van der Waals surface area contributed by atoms with Crippen molar-refractivity contribution < 1.29 is 14.7 Å². The average Bonchev–Trinajstić information content (AvgIpc) is 2.42. The molecule has 1 rings (SSSR count). The Morgan fingerprint density at radius 1 is 1.32 bits per heavy atom. The molecule has 1 aromatic rings. The zero-order valence-corrected chi connectivity index (χ0v) is 11.1. The molecule has 5 nitrogen and oxygen atoms in total. The summed E-state index contributed by atoms with van der Waals surface area (Å²) >= 11 is 0. The first-order chi connectivity index (χ1) is 9.10. The fraction of sp³-hybridized carbons (Fsp3) is 0.429. The number of anilines is 1. The van der Waals surface area contributed by atoms with Gasteiger partial charge < -0.3 is 15.7 Å². The molecule has 3 N–H and O–H groups in total. The van der Waals surface area contributed by atoms with Crippen LogP contribution in [0.5, 0.6) is 0 Å². The molecule has 0 radical (unpaired) electrons. The zero-order valence-electron chi connectivity index (χ0n) is 11.1. The van der Waals surface area contributed by atoms with Crippen molar-refractivity contribution in [3.63, 3.8) is 0 Å². The van der Waals surface area contributed by atoms with Crippen LogP contribution in [0.4, 0.5) is 5.69 Å². The first-order valence-corrected chi connectivity index (χ1v) is 6.38. The van der Waals surface area contributed by atoms with E-state index in [4.69, 9.17) is 10.8 Å². The lowest BCUT2D eigenvalue weighted by molar-refractivity contribution is -0.137. The normalized spacial score (nSPS) is 11.9. The highest BCUT2D eigenvalue weighted by Gasteiger charge is 2.25. The van der Waals surface area contributed by atoms with E-state index in [2.05, 4.69) is 0 Å². The smallest absolute Gasteiger partial charge is 0.323 e. The Hall–Kier alpha value is -1.88. The van der Waals surface area contributed by atoms with Gasteiger partial charge in [0.05, 0.1) is 5.92 Å². The molecular formula is C14H20N2O3. The molecule has 1 atom stereocenters. The van der Waals surface area contributed by atoms with Crippen LogP contribution in [0.3, 0.4) is 0 Å². The molecule has 0 bridgehead atoms. The van der Waals surface area contributed by atoms with Gasteiger partial charge in [-0.05, 0) is 18.6 Å². The highest BCUT2D eigenvalue weighted by molar-refractivity contribution is 5.98. The fourth-order valence-electron chi connectivity index (χ4n) is 1.95. The van der Waals surface area contributed by atoms with Gasteiger partial charge in [-0.2, -0.15) is 0 Å². The molecule has 0 aliphatic heterocycles. The van der Waals surface area contributed by atoms with Gasteiger partial charge in [0.1, 0.15) is 6.54 Å². The van der Waals surface area contributed by atoms with Crippen LogP contribution in [0.15, 0.2) is 30.3 Å². The molecule has 0 aliphatic rings. The molecule has 104 valence electrons. The summed E-state index contributed by atoms with van der Waals surface area (Å²) in [4.78, 5) is 24.6.